The van der Waals surface area contributed by atoms with E-state index in [2.05, 4.69) is 6.58 Å². The summed E-state index contributed by atoms with van der Waals surface area (Å²) < 4.78 is 9.92. The highest BCUT2D eigenvalue weighted by Gasteiger charge is 2.02. The van der Waals surface area contributed by atoms with Crippen LogP contribution in [0.5, 0.6) is 0 Å². The lowest BCUT2D eigenvalue weighted by molar-refractivity contribution is 0.0412. The normalized spacial score (nSPS) is 9.80. The molecule has 0 aliphatic carbocycles. The van der Waals surface area contributed by atoms with Gasteiger partial charge in [-0.3, -0.25) is 0 Å². The van der Waals surface area contributed by atoms with E-state index in [4.69, 9.17) is 19.7 Å². The third-order valence-corrected chi connectivity index (χ3v) is 3.08. The Bertz CT molecular complexity index is 608. The molecule has 0 amide bonds. The van der Waals surface area contributed by atoms with E-state index in [-0.39, 0.29) is 6.61 Å². The number of hydrogen-bond acceptors (Lipinski definition) is 4. The van der Waals surface area contributed by atoms with Gasteiger partial charge in [0, 0.05) is 0 Å². The van der Waals surface area contributed by atoms with Crippen LogP contribution in [0.25, 0.3) is 11.1 Å². The van der Waals surface area contributed by atoms with E-state index < -0.39 is 5.97 Å². The Morgan fingerprint density at radius 3 is 2.08 bits per heavy atom. The van der Waals surface area contributed by atoms with Gasteiger partial charge in [0.1, 0.15) is 0 Å². The molecule has 25 heavy (non-hydrogen) atoms. The molecule has 2 rings (SSSR count). The van der Waals surface area contributed by atoms with Gasteiger partial charge in [0.2, 0.25) is 0 Å². The van der Waals surface area contributed by atoms with Gasteiger partial charge in [0.05, 0.1) is 38.6 Å². The van der Waals surface area contributed by atoms with E-state index in [0.717, 1.165) is 11.1 Å². The second-order valence-corrected chi connectivity index (χ2v) is 4.95. The molecule has 5 nitrogen and oxygen atoms in total. The minimum absolute atomic E-state index is 0.0709. The van der Waals surface area contributed by atoms with Crippen LogP contribution in [0.1, 0.15) is 10.4 Å². The van der Waals surface area contributed by atoms with Crippen molar-refractivity contribution < 1.29 is 24.5 Å². The Morgan fingerprint density at radius 1 is 0.920 bits per heavy atom. The summed E-state index contributed by atoms with van der Waals surface area (Å²) in [6, 6.07) is 16.7. The molecule has 2 N–H and O–H groups in total. The second-order valence-electron chi connectivity index (χ2n) is 4.95. The molecule has 0 atom stereocenters. The first kappa shape index (κ1) is 20.6. The molecule has 2 aromatic carbocycles. The third-order valence-electron chi connectivity index (χ3n) is 3.08. The highest BCUT2D eigenvalue weighted by atomic mass is 16.5. The molecule has 0 saturated heterocycles. The van der Waals surface area contributed by atoms with Gasteiger partial charge in [0.15, 0.2) is 0 Å². The number of aromatic carboxylic acids is 1. The lowest BCUT2D eigenvalue weighted by Crippen LogP contribution is -2.06. The lowest BCUT2D eigenvalue weighted by Gasteiger charge is -2.01. The average molecular weight is 344 g/mol. The molecule has 0 heterocycles. The van der Waals surface area contributed by atoms with Gasteiger partial charge in [-0.2, -0.15) is 0 Å². The first-order chi connectivity index (χ1) is 12.2. The number of carboxylic acid groups (broad SMARTS) is 1. The van der Waals surface area contributed by atoms with Gasteiger partial charge in [-0.05, 0) is 23.3 Å². The molecular formula is C20H24O5. The first-order valence-corrected chi connectivity index (χ1v) is 7.95. The van der Waals surface area contributed by atoms with Crippen LogP contribution in [0.4, 0.5) is 0 Å². The van der Waals surface area contributed by atoms with Crippen LogP contribution in [0.2, 0.25) is 0 Å². The molecule has 0 aliphatic rings. The van der Waals surface area contributed by atoms with Crippen molar-refractivity contribution in [2.45, 2.75) is 0 Å². The maximum Gasteiger partial charge on any atom is 0.335 e. The summed E-state index contributed by atoms with van der Waals surface area (Å²) in [5.41, 5.74) is 2.43. The summed E-state index contributed by atoms with van der Waals surface area (Å²) >= 11 is 0. The van der Waals surface area contributed by atoms with E-state index in [1.165, 1.54) is 0 Å². The Kier molecular flexibility index (Phi) is 10.6. The predicted molar refractivity (Wildman–Crippen MR) is 97.8 cm³/mol. The number of ether oxygens (including phenoxy) is 2. The van der Waals surface area contributed by atoms with Gasteiger partial charge >= 0.3 is 5.97 Å². The number of aliphatic hydroxyl groups excluding tert-OH is 1. The van der Waals surface area contributed by atoms with Gasteiger partial charge in [-0.15, -0.1) is 6.58 Å². The molecule has 134 valence electrons. The van der Waals surface area contributed by atoms with Crippen molar-refractivity contribution in [3.05, 3.63) is 72.8 Å². The summed E-state index contributed by atoms with van der Waals surface area (Å²) in [6.07, 6.45) is 1.69. The summed E-state index contributed by atoms with van der Waals surface area (Å²) in [6.45, 7) is 5.60. The van der Waals surface area contributed by atoms with Crippen LogP contribution in [-0.2, 0) is 9.47 Å². The zero-order valence-electron chi connectivity index (χ0n) is 14.1. The van der Waals surface area contributed by atoms with E-state index in [1.54, 1.807) is 18.2 Å². The Morgan fingerprint density at radius 2 is 1.52 bits per heavy atom. The van der Waals surface area contributed by atoms with Crippen molar-refractivity contribution in [1.82, 2.24) is 0 Å². The van der Waals surface area contributed by atoms with E-state index in [0.29, 0.717) is 32.0 Å². The Hall–Kier alpha value is -2.47. The molecule has 0 fully saturated rings. The predicted octanol–water partition coefficient (Wildman–Crippen LogP) is 3.25. The molecule has 5 heteroatoms. The van der Waals surface area contributed by atoms with Gasteiger partial charge < -0.3 is 19.7 Å². The van der Waals surface area contributed by atoms with Crippen LogP contribution in [-0.4, -0.2) is 49.2 Å². The summed E-state index contributed by atoms with van der Waals surface area (Å²) in [4.78, 5) is 10.6. The van der Waals surface area contributed by atoms with Crippen molar-refractivity contribution in [2.75, 3.05) is 33.0 Å². The number of aliphatic hydroxyl groups is 1. The average Bonchev–Trinajstić information content (AvgIpc) is 2.66. The smallest absolute Gasteiger partial charge is 0.335 e. The maximum absolute atomic E-state index is 10.6. The van der Waals surface area contributed by atoms with Gasteiger partial charge in [0.25, 0.3) is 0 Å². The number of rotatable bonds is 9. The minimum Gasteiger partial charge on any atom is -0.478 e. The lowest BCUT2D eigenvalue weighted by atomic mass is 10.0. The largest absolute Gasteiger partial charge is 0.478 e. The number of carboxylic acids is 1. The summed E-state index contributed by atoms with van der Waals surface area (Å²) in [5.74, 6) is -0.894. The number of hydrogen-bond donors (Lipinski definition) is 2. The summed E-state index contributed by atoms with van der Waals surface area (Å²) in [5, 5.41) is 17.0. The minimum atomic E-state index is -0.894. The van der Waals surface area contributed by atoms with Crippen LogP contribution in [0, 0.1) is 0 Å². The van der Waals surface area contributed by atoms with Crippen LogP contribution in [0.15, 0.2) is 67.3 Å². The van der Waals surface area contributed by atoms with Crippen LogP contribution >= 0.6 is 0 Å². The highest BCUT2D eigenvalue weighted by molar-refractivity contribution is 5.88. The van der Waals surface area contributed by atoms with Crippen molar-refractivity contribution in [3.63, 3.8) is 0 Å². The van der Waals surface area contributed by atoms with E-state index in [1.807, 2.05) is 42.5 Å². The highest BCUT2D eigenvalue weighted by Crippen LogP contribution is 2.18. The zero-order valence-corrected chi connectivity index (χ0v) is 14.1. The Labute approximate surface area is 148 Å². The van der Waals surface area contributed by atoms with Crippen molar-refractivity contribution in [2.24, 2.45) is 0 Å². The molecule has 0 radical (unpaired) electrons. The fourth-order valence-corrected chi connectivity index (χ4v) is 1.89. The van der Waals surface area contributed by atoms with Gasteiger partial charge in [-0.1, -0.05) is 48.5 Å². The Balaban J connectivity index is 0.000000275. The standard InChI is InChI=1S/C13H10O2.C7H14O3/c14-13(15)12-8-6-11(7-9-12)10-4-2-1-3-5-10;1-2-4-9-6-7-10-5-3-8/h1-9H,(H,14,15);2,8H,1,3-7H2. The van der Waals surface area contributed by atoms with E-state index in [9.17, 15) is 4.79 Å². The van der Waals surface area contributed by atoms with Crippen LogP contribution < -0.4 is 0 Å². The summed E-state index contributed by atoms with van der Waals surface area (Å²) in [7, 11) is 0. The maximum atomic E-state index is 10.6. The molecular weight excluding hydrogens is 320 g/mol. The molecule has 0 aliphatic heterocycles. The second kappa shape index (κ2) is 12.9. The molecule has 0 saturated carbocycles. The molecule has 0 unspecified atom stereocenters. The van der Waals surface area contributed by atoms with Crippen LogP contribution in [0.3, 0.4) is 0 Å². The van der Waals surface area contributed by atoms with Crippen molar-refractivity contribution in [1.29, 1.82) is 0 Å². The number of carbonyl (C=O) groups is 1. The molecule has 2 aromatic rings. The first-order valence-electron chi connectivity index (χ1n) is 7.95. The third kappa shape index (κ3) is 8.81. The molecule has 0 bridgehead atoms. The molecule has 0 spiro atoms. The number of benzene rings is 2. The fourth-order valence-electron chi connectivity index (χ4n) is 1.89. The topological polar surface area (TPSA) is 76.0 Å². The monoisotopic (exact) mass is 344 g/mol. The SMILES string of the molecule is C=CCOCCOCCO.O=C(O)c1ccc(-c2ccccc2)cc1. The fraction of sp³-hybridized carbons (Fsp3) is 0.250. The zero-order chi connectivity index (χ0) is 18.3. The molecule has 0 aromatic heterocycles. The van der Waals surface area contributed by atoms with Gasteiger partial charge in [-0.25, -0.2) is 4.79 Å². The van der Waals surface area contributed by atoms with Crippen molar-refractivity contribution in [3.8, 4) is 11.1 Å². The van der Waals surface area contributed by atoms with E-state index >= 15 is 0 Å². The quantitative estimate of drug-likeness (QED) is 0.539. The van der Waals surface area contributed by atoms with Crippen molar-refractivity contribution >= 4 is 5.97 Å².